The number of pyridine rings is 1. The normalized spacial score (nSPS) is 21.4. The third-order valence-corrected chi connectivity index (χ3v) is 18.3. The van der Waals surface area contributed by atoms with Gasteiger partial charge in [-0.1, -0.05) is 77.8 Å². The molecular weight excluding hydrogens is 645 g/mol. The Kier molecular flexibility index (Phi) is 9.64. The van der Waals surface area contributed by atoms with Gasteiger partial charge in [0.2, 0.25) is 0 Å². The number of alkyl halides is 1. The fourth-order valence-corrected chi connectivity index (χ4v) is 14.7. The van der Waals surface area contributed by atoms with E-state index in [2.05, 4.69) is 81.0 Å². The average Bonchev–Trinajstić information content (AvgIpc) is 3.63. The van der Waals surface area contributed by atoms with Crippen molar-refractivity contribution in [2.75, 3.05) is 37.7 Å². The van der Waals surface area contributed by atoms with Crippen molar-refractivity contribution in [3.8, 4) is 28.7 Å². The summed E-state index contributed by atoms with van der Waals surface area (Å²) < 4.78 is 38.0. The number of halogens is 2. The molecule has 3 fully saturated rings. The number of fused-ring (bicyclic) bond motifs is 3. The van der Waals surface area contributed by atoms with Gasteiger partial charge in [0.15, 0.2) is 5.82 Å². The fraction of sp³-hybridized carbons (Fsp3) is 0.537. The Bertz CT molecular complexity index is 1920. The third kappa shape index (κ3) is 6.06. The van der Waals surface area contributed by atoms with Gasteiger partial charge in [-0.25, -0.2) is 8.78 Å². The summed E-state index contributed by atoms with van der Waals surface area (Å²) in [6.07, 6.45) is 6.45. The number of aromatic nitrogens is 3. The number of anilines is 1. The van der Waals surface area contributed by atoms with Gasteiger partial charge in [0.25, 0.3) is 0 Å². The minimum absolute atomic E-state index is 0.138. The zero-order valence-electron chi connectivity index (χ0n) is 30.5. The molecule has 0 amide bonds. The van der Waals surface area contributed by atoms with Crippen molar-refractivity contribution >= 4 is 35.6 Å². The lowest BCUT2D eigenvalue weighted by molar-refractivity contribution is 0.107. The fourth-order valence-electron chi connectivity index (χ4n) is 9.52. The Hall–Kier alpha value is -3.61. The van der Waals surface area contributed by atoms with Gasteiger partial charge in [-0.15, -0.1) is 5.54 Å². The Morgan fingerprint density at radius 2 is 1.66 bits per heavy atom. The van der Waals surface area contributed by atoms with E-state index in [-0.39, 0.29) is 29.4 Å². The van der Waals surface area contributed by atoms with E-state index in [9.17, 15) is 4.39 Å². The second-order valence-electron chi connectivity index (χ2n) is 15.8. The van der Waals surface area contributed by atoms with Crippen LogP contribution in [0, 0.1) is 17.3 Å². The summed E-state index contributed by atoms with van der Waals surface area (Å²) in [6, 6.07) is 12.2. The minimum Gasteiger partial charge on any atom is -0.461 e. The molecule has 3 aliphatic heterocycles. The maximum Gasteiger partial charge on any atom is 0.319 e. The lowest BCUT2D eigenvalue weighted by Gasteiger charge is -2.38. The van der Waals surface area contributed by atoms with Gasteiger partial charge in [-0.05, 0) is 66.7 Å². The molecule has 5 heterocycles. The molecule has 6 nitrogen and oxygen atoms in total. The molecule has 2 aromatic carbocycles. The molecular formula is C41H51F2N5OSi. The van der Waals surface area contributed by atoms with Crippen LogP contribution in [0.15, 0.2) is 42.6 Å². The van der Waals surface area contributed by atoms with Crippen LogP contribution >= 0.6 is 0 Å². The summed E-state index contributed by atoms with van der Waals surface area (Å²) in [5.41, 5.74) is 7.03. The predicted octanol–water partition coefficient (Wildman–Crippen LogP) is 9.50. The van der Waals surface area contributed by atoms with E-state index >= 15 is 4.39 Å². The Morgan fingerprint density at radius 3 is 2.38 bits per heavy atom. The summed E-state index contributed by atoms with van der Waals surface area (Å²) in [7, 11) is -2.01. The topological polar surface area (TPSA) is 54.4 Å². The van der Waals surface area contributed by atoms with Crippen molar-refractivity contribution < 1.29 is 13.5 Å². The highest BCUT2D eigenvalue weighted by molar-refractivity contribution is 6.90. The van der Waals surface area contributed by atoms with Gasteiger partial charge in [0, 0.05) is 48.8 Å². The van der Waals surface area contributed by atoms with Crippen LogP contribution in [0.5, 0.6) is 6.01 Å². The zero-order valence-corrected chi connectivity index (χ0v) is 31.5. The number of rotatable bonds is 8. The number of benzene rings is 2. The molecule has 0 aliphatic carbocycles. The zero-order chi connectivity index (χ0) is 35.2. The van der Waals surface area contributed by atoms with Crippen LogP contribution in [0.4, 0.5) is 14.6 Å². The smallest absolute Gasteiger partial charge is 0.319 e. The van der Waals surface area contributed by atoms with Crippen LogP contribution in [0.3, 0.4) is 0 Å². The van der Waals surface area contributed by atoms with Gasteiger partial charge in [-0.3, -0.25) is 9.88 Å². The second kappa shape index (κ2) is 13.8. The molecule has 0 spiro atoms. The quantitative estimate of drug-likeness (QED) is 0.135. The van der Waals surface area contributed by atoms with Crippen molar-refractivity contribution in [1.29, 1.82) is 0 Å². The van der Waals surface area contributed by atoms with Crippen molar-refractivity contribution in [1.82, 2.24) is 19.9 Å². The third-order valence-electron chi connectivity index (χ3n) is 12.0. The van der Waals surface area contributed by atoms with Crippen molar-refractivity contribution in [3.05, 3.63) is 54.0 Å². The Balaban J connectivity index is 1.35. The number of piperidine rings is 1. The van der Waals surface area contributed by atoms with Crippen LogP contribution in [0.1, 0.15) is 85.6 Å². The van der Waals surface area contributed by atoms with Crippen LogP contribution in [0.2, 0.25) is 16.6 Å². The van der Waals surface area contributed by atoms with E-state index in [1.54, 1.807) is 6.20 Å². The van der Waals surface area contributed by atoms with Gasteiger partial charge in [0.1, 0.15) is 37.9 Å². The molecule has 3 aliphatic rings. The average molecular weight is 696 g/mol. The molecule has 4 aromatic rings. The molecule has 0 radical (unpaired) electrons. The maximum atomic E-state index is 17.1. The van der Waals surface area contributed by atoms with E-state index in [1.807, 2.05) is 18.2 Å². The molecule has 0 N–H and O–H groups in total. The van der Waals surface area contributed by atoms with Crippen LogP contribution in [-0.2, 0) is 0 Å². The first kappa shape index (κ1) is 34.8. The number of hydrogen-bond donors (Lipinski definition) is 0. The van der Waals surface area contributed by atoms with Crippen molar-refractivity contribution in [3.63, 3.8) is 0 Å². The van der Waals surface area contributed by atoms with Gasteiger partial charge in [-0.2, -0.15) is 9.97 Å². The molecule has 0 saturated carbocycles. The molecule has 264 valence electrons. The van der Waals surface area contributed by atoms with E-state index < -0.39 is 20.1 Å². The largest absolute Gasteiger partial charge is 0.461 e. The molecule has 50 heavy (non-hydrogen) atoms. The first-order chi connectivity index (χ1) is 24.0. The van der Waals surface area contributed by atoms with Crippen LogP contribution in [-0.4, -0.2) is 72.4 Å². The number of nitrogens with zero attached hydrogens (tertiary/aromatic N) is 5. The Morgan fingerprint density at radius 1 is 0.940 bits per heavy atom. The second-order valence-corrected chi connectivity index (χ2v) is 21.4. The summed E-state index contributed by atoms with van der Waals surface area (Å²) in [4.78, 5) is 18.8. The summed E-state index contributed by atoms with van der Waals surface area (Å²) >= 11 is 0. The van der Waals surface area contributed by atoms with E-state index in [1.165, 1.54) is 0 Å². The van der Waals surface area contributed by atoms with Crippen molar-refractivity contribution in [2.45, 2.75) is 108 Å². The van der Waals surface area contributed by atoms with Gasteiger partial charge in [0.05, 0.1) is 10.9 Å². The molecule has 0 unspecified atom stereocenters. The predicted molar refractivity (Wildman–Crippen MR) is 203 cm³/mol. The van der Waals surface area contributed by atoms with E-state index in [0.29, 0.717) is 46.4 Å². The molecule has 2 atom stereocenters. The van der Waals surface area contributed by atoms with Crippen LogP contribution < -0.4 is 9.64 Å². The van der Waals surface area contributed by atoms with E-state index in [4.69, 9.17) is 19.7 Å². The Labute approximate surface area is 297 Å². The molecule has 9 heteroatoms. The molecule has 2 aromatic heterocycles. The molecule has 0 bridgehead atoms. The highest BCUT2D eigenvalue weighted by atomic mass is 28.3. The first-order valence-corrected chi connectivity index (χ1v) is 21.0. The van der Waals surface area contributed by atoms with Gasteiger partial charge < -0.3 is 9.64 Å². The van der Waals surface area contributed by atoms with Crippen molar-refractivity contribution in [2.24, 2.45) is 0 Å². The molecule has 7 rings (SSSR count). The lowest BCUT2D eigenvalue weighted by atomic mass is 9.95. The monoisotopic (exact) mass is 695 g/mol. The highest BCUT2D eigenvalue weighted by Gasteiger charge is 2.49. The summed E-state index contributed by atoms with van der Waals surface area (Å²) in [5, 5.41) is 2.47. The summed E-state index contributed by atoms with van der Waals surface area (Å²) in [5.74, 6) is 3.80. The standard InChI is InChI=1S/C41H51F2N5OSi/c1-27(2)50(28(3)4,29(5)6)22-17-31-14-10-13-30-15-11-16-33(35(30)31)37-36(43)38-34(24-44-37)39(47-19-8-7-9-20-47)46-40(45-38)49-26-41-18-12-21-48(41)25-32(42)23-41/h10-11,13-16,24,27-29,32H,7-9,12,18-21,23,25-26H2,1-6H3/t32-,41+/m1/s1. The molecule has 3 saturated heterocycles. The van der Waals surface area contributed by atoms with Crippen LogP contribution in [0.25, 0.3) is 32.9 Å². The SMILES string of the molecule is CC(C)[Si](C#Cc1cccc2cccc(-c3ncc4c(N5CCCCC5)nc(OC[C@@]56CCCN5C[C@H](F)C6)nc4c3F)c12)(C(C)C)C(C)C. The highest BCUT2D eigenvalue weighted by Crippen LogP contribution is 2.43. The minimum atomic E-state index is -2.01. The lowest BCUT2D eigenvalue weighted by Crippen LogP contribution is -2.43. The first-order valence-electron chi connectivity index (χ1n) is 18.7. The number of ether oxygens (including phenoxy) is 1. The summed E-state index contributed by atoms with van der Waals surface area (Å²) in [6.45, 7) is 17.2. The van der Waals surface area contributed by atoms with Gasteiger partial charge >= 0.3 is 6.01 Å². The number of hydrogen-bond acceptors (Lipinski definition) is 6. The van der Waals surface area contributed by atoms with E-state index in [0.717, 1.165) is 68.1 Å². The maximum absolute atomic E-state index is 17.1.